The molecule has 0 spiro atoms. The minimum Gasteiger partial charge on any atom is -0.477 e. The van der Waals surface area contributed by atoms with Gasteiger partial charge in [0.1, 0.15) is 11.4 Å². The van der Waals surface area contributed by atoms with E-state index in [0.717, 1.165) is 18.9 Å². The van der Waals surface area contributed by atoms with E-state index in [1.165, 1.54) is 6.20 Å². The van der Waals surface area contributed by atoms with Gasteiger partial charge >= 0.3 is 5.97 Å². The van der Waals surface area contributed by atoms with Crippen LogP contribution in [0.5, 0.6) is 0 Å². The molecular weight excluding hydrogens is 415 g/mol. The van der Waals surface area contributed by atoms with Crippen molar-refractivity contribution in [2.45, 2.75) is 44.3 Å². The summed E-state index contributed by atoms with van der Waals surface area (Å²) in [5, 5.41) is 12.3. The molecular formula is C20H24ClFN4O4. The normalized spacial score (nSPS) is 19.4. The molecule has 1 aromatic heterocycles. The third-order valence-corrected chi connectivity index (χ3v) is 5.56. The smallest absolute Gasteiger partial charge is 0.341 e. The zero-order valence-electron chi connectivity index (χ0n) is 16.4. The van der Waals surface area contributed by atoms with E-state index in [4.69, 9.17) is 5.73 Å². The summed E-state index contributed by atoms with van der Waals surface area (Å²) in [6.07, 6.45) is 3.79. The molecule has 4 N–H and O–H groups in total. The number of carbonyl (C=O) groups is 2. The number of hydrogen-bond acceptors (Lipinski definition) is 5. The van der Waals surface area contributed by atoms with Crippen molar-refractivity contribution in [1.82, 2.24) is 9.88 Å². The highest BCUT2D eigenvalue weighted by atomic mass is 35.5. The van der Waals surface area contributed by atoms with Crippen LogP contribution in [0.1, 0.15) is 42.6 Å². The van der Waals surface area contributed by atoms with Crippen LogP contribution in [-0.4, -0.2) is 46.7 Å². The topological polar surface area (TPSA) is 118 Å². The minimum atomic E-state index is -1.32. The van der Waals surface area contributed by atoms with Crippen LogP contribution in [0.4, 0.5) is 10.1 Å². The number of rotatable bonds is 5. The molecule has 1 saturated carbocycles. The lowest BCUT2D eigenvalue weighted by Gasteiger charge is -2.22. The number of carboxylic acid groups (broad SMARTS) is 1. The molecule has 1 aromatic carbocycles. The number of amides is 1. The Morgan fingerprint density at radius 2 is 2.00 bits per heavy atom. The molecule has 1 amide bonds. The molecule has 2 aromatic rings. The van der Waals surface area contributed by atoms with Crippen molar-refractivity contribution in [3.63, 3.8) is 0 Å². The largest absolute Gasteiger partial charge is 0.477 e. The van der Waals surface area contributed by atoms with Crippen molar-refractivity contribution in [2.75, 3.05) is 18.0 Å². The van der Waals surface area contributed by atoms with Crippen molar-refractivity contribution in [3.05, 3.63) is 39.9 Å². The van der Waals surface area contributed by atoms with Gasteiger partial charge in [-0.15, -0.1) is 12.4 Å². The monoisotopic (exact) mass is 438 g/mol. The molecule has 4 rings (SSSR count). The second-order valence-corrected chi connectivity index (χ2v) is 7.87. The number of carbonyl (C=O) groups excluding carboxylic acids is 1. The highest BCUT2D eigenvalue weighted by Crippen LogP contribution is 2.38. The van der Waals surface area contributed by atoms with E-state index in [0.29, 0.717) is 30.7 Å². The number of halogens is 2. The fraction of sp³-hybridized carbons (Fsp3) is 0.450. The van der Waals surface area contributed by atoms with Gasteiger partial charge in [-0.3, -0.25) is 9.59 Å². The van der Waals surface area contributed by atoms with E-state index >= 15 is 0 Å². The van der Waals surface area contributed by atoms with Gasteiger partial charge < -0.3 is 25.6 Å². The van der Waals surface area contributed by atoms with Crippen LogP contribution in [0, 0.1) is 5.82 Å². The van der Waals surface area contributed by atoms with Crippen molar-refractivity contribution in [3.8, 4) is 0 Å². The number of fused-ring (bicyclic) bond motifs is 1. The molecule has 2 atom stereocenters. The average molecular weight is 439 g/mol. The van der Waals surface area contributed by atoms with E-state index in [9.17, 15) is 23.9 Å². The number of pyridine rings is 1. The molecule has 10 heteroatoms. The van der Waals surface area contributed by atoms with Crippen LogP contribution in [0.15, 0.2) is 23.1 Å². The lowest BCUT2D eigenvalue weighted by molar-refractivity contribution is -0.122. The van der Waals surface area contributed by atoms with Gasteiger partial charge in [-0.1, -0.05) is 0 Å². The number of aromatic nitrogens is 1. The first-order valence-electron chi connectivity index (χ1n) is 9.69. The quantitative estimate of drug-likeness (QED) is 0.653. The first-order chi connectivity index (χ1) is 13.8. The zero-order valence-corrected chi connectivity index (χ0v) is 17.2. The Kier molecular flexibility index (Phi) is 6.05. The van der Waals surface area contributed by atoms with E-state index in [1.54, 1.807) is 17.6 Å². The molecule has 2 fully saturated rings. The maximum atomic E-state index is 14.9. The molecule has 2 heterocycles. The number of aromatic carboxylic acids is 1. The van der Waals surface area contributed by atoms with Crippen LogP contribution in [0.25, 0.3) is 10.9 Å². The predicted molar refractivity (Wildman–Crippen MR) is 113 cm³/mol. The molecule has 2 aliphatic rings. The number of benzene rings is 1. The van der Waals surface area contributed by atoms with Gasteiger partial charge in [-0.05, 0) is 38.3 Å². The summed E-state index contributed by atoms with van der Waals surface area (Å²) in [7, 11) is 0. The Hall–Kier alpha value is -2.65. The van der Waals surface area contributed by atoms with Crippen molar-refractivity contribution in [1.29, 1.82) is 0 Å². The van der Waals surface area contributed by atoms with Crippen LogP contribution in [-0.2, 0) is 4.79 Å². The summed E-state index contributed by atoms with van der Waals surface area (Å²) >= 11 is 0. The molecule has 8 nitrogen and oxygen atoms in total. The average Bonchev–Trinajstić information content (AvgIpc) is 3.40. The molecule has 162 valence electrons. The summed E-state index contributed by atoms with van der Waals surface area (Å²) in [5.41, 5.74) is 5.42. The second kappa shape index (κ2) is 8.23. The van der Waals surface area contributed by atoms with E-state index < -0.39 is 23.3 Å². The van der Waals surface area contributed by atoms with Crippen LogP contribution in [0.3, 0.4) is 0 Å². The first kappa shape index (κ1) is 22.0. The summed E-state index contributed by atoms with van der Waals surface area (Å²) in [4.78, 5) is 37.6. The van der Waals surface area contributed by atoms with Gasteiger partial charge in [-0.2, -0.15) is 0 Å². The molecule has 1 aliphatic carbocycles. The SMILES string of the molecule is CC(N)C(=O)NC1CCN(c2cc3c(cc2F)c(=O)c(C(=O)O)cn3C2CC2)C1.Cl. The summed E-state index contributed by atoms with van der Waals surface area (Å²) in [5.74, 6) is -2.15. The number of anilines is 1. The van der Waals surface area contributed by atoms with Crippen LogP contribution >= 0.6 is 12.4 Å². The summed E-state index contributed by atoms with van der Waals surface area (Å²) in [6.45, 7) is 2.59. The standard InChI is InChI=1S/C20H23FN4O4.ClH/c1-10(22)19(27)23-11-4-5-24(8-11)17-7-16-13(6-15(17)21)18(26)14(20(28)29)9-25(16)12-2-3-12;/h6-7,9-12H,2-5,8,22H2,1H3,(H,23,27)(H,28,29);1H. The number of nitrogens with two attached hydrogens (primary N) is 1. The number of carboxylic acids is 1. The van der Waals surface area contributed by atoms with Gasteiger partial charge in [0.2, 0.25) is 11.3 Å². The van der Waals surface area contributed by atoms with Crippen molar-refractivity contribution < 1.29 is 19.1 Å². The summed E-state index contributed by atoms with van der Waals surface area (Å²) < 4.78 is 16.7. The fourth-order valence-corrected chi connectivity index (χ4v) is 3.84. The molecule has 2 unspecified atom stereocenters. The van der Waals surface area contributed by atoms with Gasteiger partial charge in [0.25, 0.3) is 0 Å². The number of nitrogens with zero attached hydrogens (tertiary/aromatic N) is 2. The molecule has 0 radical (unpaired) electrons. The third kappa shape index (κ3) is 3.99. The van der Waals surface area contributed by atoms with Crippen molar-refractivity contribution >= 4 is 40.9 Å². The molecule has 30 heavy (non-hydrogen) atoms. The first-order valence-corrected chi connectivity index (χ1v) is 9.69. The third-order valence-electron chi connectivity index (χ3n) is 5.56. The lowest BCUT2D eigenvalue weighted by Crippen LogP contribution is -2.45. The minimum absolute atomic E-state index is 0. The Bertz CT molecular complexity index is 1070. The fourth-order valence-electron chi connectivity index (χ4n) is 3.84. The van der Waals surface area contributed by atoms with Gasteiger partial charge in [-0.25, -0.2) is 9.18 Å². The number of hydrogen-bond donors (Lipinski definition) is 3. The van der Waals surface area contributed by atoms with Gasteiger partial charge in [0, 0.05) is 36.8 Å². The van der Waals surface area contributed by atoms with E-state index in [-0.39, 0.29) is 41.3 Å². The van der Waals surface area contributed by atoms with Gasteiger partial charge in [0.15, 0.2) is 0 Å². The van der Waals surface area contributed by atoms with E-state index in [2.05, 4.69) is 5.32 Å². The Balaban J connectivity index is 0.00000256. The predicted octanol–water partition coefficient (Wildman–Crippen LogP) is 1.64. The highest BCUT2D eigenvalue weighted by molar-refractivity contribution is 5.93. The summed E-state index contributed by atoms with van der Waals surface area (Å²) in [6, 6.07) is 2.12. The van der Waals surface area contributed by atoms with Crippen LogP contribution < -0.4 is 21.4 Å². The maximum absolute atomic E-state index is 14.9. The van der Waals surface area contributed by atoms with E-state index in [1.807, 2.05) is 4.90 Å². The lowest BCUT2D eigenvalue weighted by atomic mass is 10.1. The molecule has 1 aliphatic heterocycles. The highest BCUT2D eigenvalue weighted by Gasteiger charge is 2.30. The van der Waals surface area contributed by atoms with Gasteiger partial charge in [0.05, 0.1) is 17.2 Å². The molecule has 0 bridgehead atoms. The maximum Gasteiger partial charge on any atom is 0.341 e. The second-order valence-electron chi connectivity index (χ2n) is 7.87. The van der Waals surface area contributed by atoms with Crippen LogP contribution in [0.2, 0.25) is 0 Å². The van der Waals surface area contributed by atoms with Crippen molar-refractivity contribution in [2.24, 2.45) is 5.73 Å². The number of nitrogens with one attached hydrogen (secondary N) is 1. The Morgan fingerprint density at radius 3 is 2.60 bits per heavy atom. The Labute approximate surface area is 178 Å². The zero-order chi connectivity index (χ0) is 20.9. The Morgan fingerprint density at radius 1 is 1.30 bits per heavy atom. The molecule has 1 saturated heterocycles.